The van der Waals surface area contributed by atoms with Crippen molar-refractivity contribution in [3.8, 4) is 0 Å². The number of carboxylic acids is 1. The van der Waals surface area contributed by atoms with Gasteiger partial charge in [-0.15, -0.1) is 0 Å². The molecule has 1 heterocycles. The normalized spacial score (nSPS) is 10.0. The molecule has 0 amide bonds. The summed E-state index contributed by atoms with van der Waals surface area (Å²) in [5, 5.41) is 14.2. The van der Waals surface area contributed by atoms with Gasteiger partial charge in [-0.1, -0.05) is 0 Å². The Bertz CT molecular complexity index is 384. The van der Waals surface area contributed by atoms with Crippen molar-refractivity contribution < 1.29 is 9.90 Å². The molecule has 5 N–H and O–H groups in total. The minimum absolute atomic E-state index is 0.0102. The van der Waals surface area contributed by atoms with Crippen LogP contribution in [0.2, 0.25) is 0 Å². The van der Waals surface area contributed by atoms with Crippen molar-refractivity contribution in [2.24, 2.45) is 5.73 Å². The van der Waals surface area contributed by atoms with E-state index in [9.17, 15) is 4.79 Å². The van der Waals surface area contributed by atoms with Crippen LogP contribution in [0.5, 0.6) is 0 Å². The summed E-state index contributed by atoms with van der Waals surface area (Å²) in [5.74, 6) is 0.473. The summed E-state index contributed by atoms with van der Waals surface area (Å²) in [6.45, 7) is 3.05. The van der Waals surface area contributed by atoms with Gasteiger partial charge in [-0.2, -0.15) is 15.0 Å². The van der Waals surface area contributed by atoms with Crippen LogP contribution in [0.3, 0.4) is 0 Å². The van der Waals surface area contributed by atoms with E-state index < -0.39 is 5.97 Å². The van der Waals surface area contributed by atoms with Gasteiger partial charge < -0.3 is 21.5 Å². The first-order valence-corrected chi connectivity index (χ1v) is 5.24. The second-order valence-corrected chi connectivity index (χ2v) is 3.32. The number of hydrogen-bond acceptors (Lipinski definition) is 7. The van der Waals surface area contributed by atoms with Gasteiger partial charge in [0.05, 0.1) is 6.42 Å². The third kappa shape index (κ3) is 5.07. The number of aryl methyl sites for hydroxylation is 1. The molecule has 0 aromatic carbocycles. The van der Waals surface area contributed by atoms with Gasteiger partial charge in [-0.05, 0) is 6.92 Å². The molecule has 0 saturated heterocycles. The molecule has 0 saturated carbocycles. The fourth-order valence-electron chi connectivity index (χ4n) is 1.11. The molecule has 17 heavy (non-hydrogen) atoms. The van der Waals surface area contributed by atoms with Gasteiger partial charge in [-0.3, -0.25) is 4.79 Å². The molecule has 0 radical (unpaired) electrons. The highest BCUT2D eigenvalue weighted by Gasteiger charge is 2.03. The highest BCUT2D eigenvalue weighted by molar-refractivity contribution is 5.67. The molecule has 0 spiro atoms. The van der Waals surface area contributed by atoms with Crippen LogP contribution >= 0.6 is 0 Å². The summed E-state index contributed by atoms with van der Waals surface area (Å²) < 4.78 is 0. The molecule has 1 rings (SSSR count). The molecule has 0 bridgehead atoms. The summed E-state index contributed by atoms with van der Waals surface area (Å²) in [6.07, 6.45) is 0.0102. The number of nitrogens with two attached hydrogens (primary N) is 1. The second kappa shape index (κ2) is 6.59. The number of carbonyl (C=O) groups is 1. The molecule has 1 aromatic heterocycles. The predicted molar refractivity (Wildman–Crippen MR) is 62.9 cm³/mol. The van der Waals surface area contributed by atoms with E-state index in [2.05, 4.69) is 25.6 Å². The monoisotopic (exact) mass is 240 g/mol. The molecular weight excluding hydrogens is 224 g/mol. The van der Waals surface area contributed by atoms with Crippen LogP contribution in [-0.2, 0) is 4.79 Å². The number of anilines is 2. The van der Waals surface area contributed by atoms with Crippen LogP contribution < -0.4 is 16.4 Å². The highest BCUT2D eigenvalue weighted by atomic mass is 16.4. The minimum atomic E-state index is -0.871. The molecule has 0 aliphatic carbocycles. The molecule has 0 aliphatic rings. The van der Waals surface area contributed by atoms with Gasteiger partial charge in [0.1, 0.15) is 5.82 Å². The van der Waals surface area contributed by atoms with Crippen LogP contribution in [0.15, 0.2) is 0 Å². The van der Waals surface area contributed by atoms with Crippen molar-refractivity contribution in [2.45, 2.75) is 13.3 Å². The summed E-state index contributed by atoms with van der Waals surface area (Å²) in [5.41, 5.74) is 5.35. The molecule has 1 aromatic rings. The minimum Gasteiger partial charge on any atom is -0.481 e. The average Bonchev–Trinajstić information content (AvgIpc) is 2.25. The molecule has 8 nitrogen and oxygen atoms in total. The van der Waals surface area contributed by atoms with Gasteiger partial charge in [0.15, 0.2) is 0 Å². The summed E-state index contributed by atoms with van der Waals surface area (Å²) in [4.78, 5) is 22.5. The number of carboxylic acid groups (broad SMARTS) is 1. The zero-order chi connectivity index (χ0) is 12.7. The quantitative estimate of drug-likeness (QED) is 0.499. The Kier molecular flexibility index (Phi) is 5.08. The molecular formula is C9H16N6O2. The van der Waals surface area contributed by atoms with Crippen molar-refractivity contribution in [1.82, 2.24) is 15.0 Å². The lowest BCUT2D eigenvalue weighted by molar-refractivity contribution is -0.136. The number of aliphatic carboxylic acids is 1. The summed E-state index contributed by atoms with van der Waals surface area (Å²) in [7, 11) is 0. The fraction of sp³-hybridized carbons (Fsp3) is 0.556. The average molecular weight is 240 g/mol. The zero-order valence-corrected chi connectivity index (χ0v) is 9.60. The van der Waals surface area contributed by atoms with Crippen LogP contribution in [0.1, 0.15) is 12.2 Å². The topological polar surface area (TPSA) is 126 Å². The maximum Gasteiger partial charge on any atom is 0.305 e. The maximum atomic E-state index is 10.3. The van der Waals surface area contributed by atoms with Crippen molar-refractivity contribution in [3.63, 3.8) is 0 Å². The number of aromatic nitrogens is 3. The second-order valence-electron chi connectivity index (χ2n) is 3.32. The first-order chi connectivity index (χ1) is 8.11. The van der Waals surface area contributed by atoms with Gasteiger partial charge in [0.2, 0.25) is 11.9 Å². The standard InChI is InChI=1S/C9H16N6O2/c1-6-13-8(11-4-2-7(16)17)15-9(14-6)12-5-3-10/h2-5,10H2,1H3,(H,16,17)(H2,11,12,13,14,15). The summed E-state index contributed by atoms with van der Waals surface area (Å²) >= 11 is 0. The molecule has 0 unspecified atom stereocenters. The van der Waals surface area contributed by atoms with Crippen LogP contribution in [0.4, 0.5) is 11.9 Å². The van der Waals surface area contributed by atoms with Gasteiger partial charge in [0, 0.05) is 19.6 Å². The molecule has 0 fully saturated rings. The van der Waals surface area contributed by atoms with E-state index in [1.54, 1.807) is 6.92 Å². The molecule has 0 aliphatic heterocycles. The van der Waals surface area contributed by atoms with Gasteiger partial charge >= 0.3 is 5.97 Å². The Morgan fingerprint density at radius 3 is 2.35 bits per heavy atom. The number of hydrogen-bond donors (Lipinski definition) is 4. The van der Waals surface area contributed by atoms with E-state index in [1.807, 2.05) is 0 Å². The third-order valence-electron chi connectivity index (χ3n) is 1.80. The Labute approximate surface area is 98.7 Å². The van der Waals surface area contributed by atoms with E-state index in [-0.39, 0.29) is 13.0 Å². The maximum absolute atomic E-state index is 10.3. The first-order valence-electron chi connectivity index (χ1n) is 5.24. The summed E-state index contributed by atoms with van der Waals surface area (Å²) in [6, 6.07) is 0. The zero-order valence-electron chi connectivity index (χ0n) is 9.60. The van der Waals surface area contributed by atoms with Gasteiger partial charge in [-0.25, -0.2) is 0 Å². The van der Waals surface area contributed by atoms with E-state index in [0.717, 1.165) is 0 Å². The lowest BCUT2D eigenvalue weighted by Gasteiger charge is -2.07. The van der Waals surface area contributed by atoms with Crippen LogP contribution in [-0.4, -0.2) is 45.7 Å². The van der Waals surface area contributed by atoms with Crippen molar-refractivity contribution in [1.29, 1.82) is 0 Å². The van der Waals surface area contributed by atoms with Crippen molar-refractivity contribution >= 4 is 17.9 Å². The lowest BCUT2D eigenvalue weighted by atomic mass is 10.4. The first kappa shape index (κ1) is 13.1. The van der Waals surface area contributed by atoms with Crippen molar-refractivity contribution in [3.05, 3.63) is 5.82 Å². The molecule has 8 heteroatoms. The third-order valence-corrected chi connectivity index (χ3v) is 1.80. The molecule has 0 atom stereocenters. The largest absolute Gasteiger partial charge is 0.481 e. The van der Waals surface area contributed by atoms with E-state index in [4.69, 9.17) is 10.8 Å². The van der Waals surface area contributed by atoms with E-state index in [1.165, 1.54) is 0 Å². The number of nitrogens with zero attached hydrogens (tertiary/aromatic N) is 3. The van der Waals surface area contributed by atoms with Crippen LogP contribution in [0.25, 0.3) is 0 Å². The van der Waals surface area contributed by atoms with Crippen LogP contribution in [0, 0.1) is 6.92 Å². The lowest BCUT2D eigenvalue weighted by Crippen LogP contribution is -2.17. The van der Waals surface area contributed by atoms with E-state index >= 15 is 0 Å². The molecule has 94 valence electrons. The predicted octanol–water partition coefficient (Wildman–Crippen LogP) is -0.563. The fourth-order valence-corrected chi connectivity index (χ4v) is 1.11. The van der Waals surface area contributed by atoms with Crippen molar-refractivity contribution in [2.75, 3.05) is 30.3 Å². The van der Waals surface area contributed by atoms with Gasteiger partial charge in [0.25, 0.3) is 0 Å². The highest BCUT2D eigenvalue weighted by Crippen LogP contribution is 2.04. The Hall–Kier alpha value is -1.96. The number of rotatable bonds is 7. The number of nitrogens with one attached hydrogen (secondary N) is 2. The van der Waals surface area contributed by atoms with E-state index in [0.29, 0.717) is 30.8 Å². The SMILES string of the molecule is Cc1nc(NCCN)nc(NCCC(=O)O)n1. The Balaban J connectivity index is 2.58. The smallest absolute Gasteiger partial charge is 0.305 e. The Morgan fingerprint density at radius 1 is 1.24 bits per heavy atom. The Morgan fingerprint density at radius 2 is 1.82 bits per heavy atom.